The van der Waals surface area contributed by atoms with Crippen LogP contribution in [0.5, 0.6) is 0 Å². The van der Waals surface area contributed by atoms with Crippen molar-refractivity contribution in [1.29, 1.82) is 0 Å². The van der Waals surface area contributed by atoms with Crippen LogP contribution in [0.2, 0.25) is 0 Å². The molecule has 0 saturated heterocycles. The van der Waals surface area contributed by atoms with E-state index in [4.69, 9.17) is 12.2 Å². The Morgan fingerprint density at radius 3 is 2.67 bits per heavy atom. The molecule has 1 rings (SSSR count). The lowest BCUT2D eigenvalue weighted by atomic mass is 10.1. The van der Waals surface area contributed by atoms with Gasteiger partial charge in [-0.2, -0.15) is 0 Å². The van der Waals surface area contributed by atoms with Crippen molar-refractivity contribution in [3.63, 3.8) is 0 Å². The lowest BCUT2D eigenvalue weighted by molar-refractivity contribution is -0.121. The molecular weight excluding hydrogens is 262 g/mol. The Morgan fingerprint density at radius 2 is 2.06 bits per heavy atom. The number of carbonyl (C=O) groups excluding carboxylic acids is 1. The number of amides is 1. The first-order valence-corrected chi connectivity index (χ1v) is 7.52. The van der Waals surface area contributed by atoms with Gasteiger partial charge < -0.3 is 5.32 Å². The smallest absolute Gasteiger partial charge is 0.220 e. The molecule has 1 atom stereocenters. The molecule has 0 heterocycles. The Balaban J connectivity index is 2.31. The summed E-state index contributed by atoms with van der Waals surface area (Å²) in [6.07, 6.45) is 1.28. The monoisotopic (exact) mass is 281 g/mol. The van der Waals surface area contributed by atoms with Crippen LogP contribution in [0.3, 0.4) is 0 Å². The summed E-state index contributed by atoms with van der Waals surface area (Å²) in [5, 5.41) is 2.93. The molecule has 4 heteroatoms. The van der Waals surface area contributed by atoms with E-state index in [2.05, 4.69) is 12.2 Å². The molecule has 1 amide bonds. The Kier molecular flexibility index (Phi) is 6.98. The Hall–Kier alpha value is -0.870. The largest absolute Gasteiger partial charge is 0.348 e. The summed E-state index contributed by atoms with van der Waals surface area (Å²) in [5.41, 5.74) is 1.19. The minimum Gasteiger partial charge on any atom is -0.348 e. The fourth-order valence-electron chi connectivity index (χ4n) is 1.54. The highest BCUT2D eigenvalue weighted by molar-refractivity contribution is 8.23. The zero-order chi connectivity index (χ0) is 13.4. The Labute approximate surface area is 119 Å². The molecule has 0 aromatic heterocycles. The SMILES string of the molecule is CCSC(=S)[C@H](C)NC(=O)CCc1ccccc1. The van der Waals surface area contributed by atoms with Gasteiger partial charge in [-0.3, -0.25) is 4.79 Å². The number of thioether (sulfide) groups is 1. The fraction of sp³-hybridized carbons (Fsp3) is 0.429. The first-order chi connectivity index (χ1) is 8.63. The van der Waals surface area contributed by atoms with Gasteiger partial charge in [0.1, 0.15) is 0 Å². The minimum absolute atomic E-state index is 0.0341. The minimum atomic E-state index is -0.0341. The van der Waals surface area contributed by atoms with Crippen LogP contribution in [-0.2, 0) is 11.2 Å². The van der Waals surface area contributed by atoms with Gasteiger partial charge in [0.25, 0.3) is 0 Å². The van der Waals surface area contributed by atoms with Crippen molar-refractivity contribution in [2.75, 3.05) is 5.75 Å². The topological polar surface area (TPSA) is 29.1 Å². The van der Waals surface area contributed by atoms with Crippen molar-refractivity contribution in [3.8, 4) is 0 Å². The van der Waals surface area contributed by atoms with Crippen LogP contribution in [0.1, 0.15) is 25.8 Å². The van der Waals surface area contributed by atoms with Crippen LogP contribution >= 0.6 is 24.0 Å². The summed E-state index contributed by atoms with van der Waals surface area (Å²) in [4.78, 5) is 11.8. The number of aryl methyl sites for hydroxylation is 1. The van der Waals surface area contributed by atoms with Gasteiger partial charge in [-0.05, 0) is 24.7 Å². The molecule has 1 aromatic carbocycles. The number of carbonyl (C=O) groups is 1. The maximum atomic E-state index is 11.8. The van der Waals surface area contributed by atoms with E-state index < -0.39 is 0 Å². The fourth-order valence-corrected chi connectivity index (χ4v) is 2.55. The van der Waals surface area contributed by atoms with Crippen LogP contribution in [-0.4, -0.2) is 21.9 Å². The van der Waals surface area contributed by atoms with Crippen molar-refractivity contribution in [2.45, 2.75) is 32.7 Å². The van der Waals surface area contributed by atoms with E-state index >= 15 is 0 Å². The summed E-state index contributed by atoms with van der Waals surface area (Å²) in [7, 11) is 0. The zero-order valence-corrected chi connectivity index (χ0v) is 12.4. The second kappa shape index (κ2) is 8.27. The van der Waals surface area contributed by atoms with Gasteiger partial charge in [-0.15, -0.1) is 11.8 Å². The second-order valence-corrected chi connectivity index (χ2v) is 6.03. The summed E-state index contributed by atoms with van der Waals surface area (Å²) in [5.74, 6) is 1.01. The van der Waals surface area contributed by atoms with Crippen LogP contribution in [0.4, 0.5) is 0 Å². The molecule has 1 N–H and O–H groups in total. The van der Waals surface area contributed by atoms with Crippen molar-refractivity contribution in [1.82, 2.24) is 5.32 Å². The Morgan fingerprint density at radius 1 is 1.39 bits per heavy atom. The van der Waals surface area contributed by atoms with Crippen LogP contribution in [0.25, 0.3) is 0 Å². The lowest BCUT2D eigenvalue weighted by Gasteiger charge is -2.14. The molecule has 0 aliphatic carbocycles. The molecule has 0 unspecified atom stereocenters. The third-order valence-electron chi connectivity index (χ3n) is 2.50. The number of nitrogens with one attached hydrogen (secondary N) is 1. The molecular formula is C14H19NOS2. The predicted octanol–water partition coefficient (Wildman–Crippen LogP) is 3.20. The number of benzene rings is 1. The molecule has 98 valence electrons. The summed E-state index contributed by atoms with van der Waals surface area (Å²) in [6, 6.07) is 9.99. The van der Waals surface area contributed by atoms with Gasteiger partial charge in [-0.1, -0.05) is 49.5 Å². The predicted molar refractivity (Wildman–Crippen MR) is 83.1 cm³/mol. The highest BCUT2D eigenvalue weighted by atomic mass is 32.2. The number of rotatable bonds is 6. The second-order valence-electron chi connectivity index (χ2n) is 4.03. The quantitative estimate of drug-likeness (QED) is 0.812. The van der Waals surface area contributed by atoms with E-state index in [9.17, 15) is 4.79 Å². The molecule has 0 radical (unpaired) electrons. The van der Waals surface area contributed by atoms with E-state index in [-0.39, 0.29) is 11.9 Å². The van der Waals surface area contributed by atoms with E-state index in [1.807, 2.05) is 37.3 Å². The van der Waals surface area contributed by atoms with Crippen molar-refractivity contribution >= 4 is 34.1 Å². The first kappa shape index (κ1) is 15.2. The van der Waals surface area contributed by atoms with Gasteiger partial charge in [-0.25, -0.2) is 0 Å². The lowest BCUT2D eigenvalue weighted by Crippen LogP contribution is -2.36. The summed E-state index contributed by atoms with van der Waals surface area (Å²) >= 11 is 6.83. The van der Waals surface area contributed by atoms with E-state index in [1.165, 1.54) is 5.56 Å². The maximum Gasteiger partial charge on any atom is 0.220 e. The summed E-state index contributed by atoms with van der Waals surface area (Å²) < 4.78 is 0.852. The molecule has 0 spiro atoms. The molecule has 18 heavy (non-hydrogen) atoms. The molecule has 2 nitrogen and oxygen atoms in total. The molecule has 0 fully saturated rings. The molecule has 1 aromatic rings. The number of hydrogen-bond acceptors (Lipinski definition) is 3. The number of thiocarbonyl (C=S) groups is 1. The van der Waals surface area contributed by atoms with E-state index in [1.54, 1.807) is 11.8 Å². The van der Waals surface area contributed by atoms with Crippen molar-refractivity contribution < 1.29 is 4.79 Å². The van der Waals surface area contributed by atoms with Crippen LogP contribution < -0.4 is 5.32 Å². The van der Waals surface area contributed by atoms with Gasteiger partial charge >= 0.3 is 0 Å². The van der Waals surface area contributed by atoms with Gasteiger partial charge in [0.15, 0.2) is 0 Å². The molecule has 0 aliphatic heterocycles. The molecule has 0 bridgehead atoms. The third-order valence-corrected chi connectivity index (χ3v) is 4.14. The van der Waals surface area contributed by atoms with E-state index in [0.717, 1.165) is 16.4 Å². The van der Waals surface area contributed by atoms with Crippen molar-refractivity contribution in [2.24, 2.45) is 0 Å². The highest BCUT2D eigenvalue weighted by Crippen LogP contribution is 2.08. The normalized spacial score (nSPS) is 11.9. The highest BCUT2D eigenvalue weighted by Gasteiger charge is 2.11. The maximum absolute atomic E-state index is 11.8. The van der Waals surface area contributed by atoms with E-state index in [0.29, 0.717) is 6.42 Å². The molecule has 0 aliphatic rings. The number of hydrogen-bond donors (Lipinski definition) is 1. The first-order valence-electron chi connectivity index (χ1n) is 6.13. The van der Waals surface area contributed by atoms with Crippen LogP contribution in [0, 0.1) is 0 Å². The van der Waals surface area contributed by atoms with Gasteiger partial charge in [0, 0.05) is 6.42 Å². The average Bonchev–Trinajstić information content (AvgIpc) is 2.38. The van der Waals surface area contributed by atoms with Crippen molar-refractivity contribution in [3.05, 3.63) is 35.9 Å². The third kappa shape index (κ3) is 5.65. The average molecular weight is 281 g/mol. The zero-order valence-electron chi connectivity index (χ0n) is 10.8. The van der Waals surface area contributed by atoms with Crippen LogP contribution in [0.15, 0.2) is 30.3 Å². The Bertz CT molecular complexity index is 392. The van der Waals surface area contributed by atoms with Gasteiger partial charge in [0.05, 0.1) is 10.2 Å². The van der Waals surface area contributed by atoms with Gasteiger partial charge in [0.2, 0.25) is 5.91 Å². The molecule has 0 saturated carbocycles. The summed E-state index contributed by atoms with van der Waals surface area (Å²) in [6.45, 7) is 3.99. The standard InChI is InChI=1S/C14H19NOS2/c1-3-18-14(17)11(2)15-13(16)10-9-12-7-5-4-6-8-12/h4-8,11H,3,9-10H2,1-2H3,(H,15,16)/t11-/m0/s1.